The number of aliphatic hydroxyl groups excluding tert-OH is 1. The molecule has 5 N–H and O–H groups in total. The number of nitrogens with one attached hydrogen (secondary N) is 2. The number of hydrogen-bond acceptors (Lipinski definition) is 4. The van der Waals surface area contributed by atoms with Crippen LogP contribution in [0.15, 0.2) is 60.7 Å². The molecule has 7 heteroatoms. The average molecular weight is 397 g/mol. The minimum atomic E-state index is -1.61. The quantitative estimate of drug-likeness (QED) is 0.513. The summed E-state index contributed by atoms with van der Waals surface area (Å²) in [6.07, 6.45) is -1.26. The van der Waals surface area contributed by atoms with Gasteiger partial charge in [0.15, 0.2) is 6.10 Å². The molecule has 154 valence electrons. The summed E-state index contributed by atoms with van der Waals surface area (Å²) in [7, 11) is 0. The molecule has 0 unspecified atom stereocenters. The van der Waals surface area contributed by atoms with Crippen LogP contribution < -0.4 is 16.4 Å². The van der Waals surface area contributed by atoms with E-state index in [1.165, 1.54) is 0 Å². The van der Waals surface area contributed by atoms with E-state index in [1.807, 2.05) is 13.8 Å². The van der Waals surface area contributed by atoms with Crippen LogP contribution in [0.1, 0.15) is 42.2 Å². The Morgan fingerprint density at radius 3 is 2.00 bits per heavy atom. The van der Waals surface area contributed by atoms with Crippen molar-refractivity contribution >= 4 is 17.7 Å². The van der Waals surface area contributed by atoms with Crippen molar-refractivity contribution in [1.29, 1.82) is 0 Å². The molecule has 2 aromatic carbocycles. The van der Waals surface area contributed by atoms with E-state index in [2.05, 4.69) is 10.6 Å². The molecule has 0 saturated heterocycles. The van der Waals surface area contributed by atoms with E-state index < -0.39 is 35.9 Å². The molecule has 0 aliphatic carbocycles. The molecule has 0 aliphatic heterocycles. The van der Waals surface area contributed by atoms with E-state index in [0.717, 1.165) is 0 Å². The number of benzene rings is 2. The van der Waals surface area contributed by atoms with Crippen LogP contribution in [0.5, 0.6) is 0 Å². The Kier molecular flexibility index (Phi) is 7.91. The van der Waals surface area contributed by atoms with Crippen molar-refractivity contribution in [3.05, 3.63) is 71.8 Å². The fourth-order valence-corrected chi connectivity index (χ4v) is 2.95. The lowest BCUT2D eigenvalue weighted by Crippen LogP contribution is -2.52. The number of amides is 3. The highest BCUT2D eigenvalue weighted by Crippen LogP contribution is 2.19. The van der Waals surface area contributed by atoms with E-state index in [4.69, 9.17) is 5.73 Å². The lowest BCUT2D eigenvalue weighted by Gasteiger charge is -2.26. The molecule has 2 aromatic rings. The molecule has 0 heterocycles. The summed E-state index contributed by atoms with van der Waals surface area (Å²) in [6.45, 7) is 3.79. The van der Waals surface area contributed by atoms with Gasteiger partial charge in [0.2, 0.25) is 5.91 Å². The molecule has 0 bridgehead atoms. The molecule has 3 atom stereocenters. The Labute approximate surface area is 170 Å². The zero-order valence-corrected chi connectivity index (χ0v) is 16.5. The molecule has 0 spiro atoms. The lowest BCUT2D eigenvalue weighted by atomic mass is 9.98. The maximum absolute atomic E-state index is 12.7. The normalized spacial score (nSPS) is 13.9. The van der Waals surface area contributed by atoms with Crippen molar-refractivity contribution in [2.45, 2.75) is 38.5 Å². The van der Waals surface area contributed by atoms with Gasteiger partial charge in [-0.25, -0.2) is 0 Å². The minimum absolute atomic E-state index is 0.118. The van der Waals surface area contributed by atoms with E-state index in [-0.39, 0.29) is 5.92 Å². The molecule has 0 fully saturated rings. The van der Waals surface area contributed by atoms with Gasteiger partial charge in [0, 0.05) is 5.56 Å². The second kappa shape index (κ2) is 10.4. The molecule has 29 heavy (non-hydrogen) atoms. The van der Waals surface area contributed by atoms with Crippen LogP contribution in [0.2, 0.25) is 0 Å². The Bertz CT molecular complexity index is 824. The number of nitrogens with two attached hydrogens (primary N) is 1. The summed E-state index contributed by atoms with van der Waals surface area (Å²) in [5, 5.41) is 15.9. The molecular weight excluding hydrogens is 370 g/mol. The van der Waals surface area contributed by atoms with E-state index in [1.54, 1.807) is 60.7 Å². The molecular formula is C22H27N3O4. The standard InChI is InChI=1S/C22H27N3O4/c1-14(2)13-17(20(23)27)24-22(29)19(26)18(15-9-5-3-6-10-15)25-21(28)16-11-7-4-8-12-16/h3-12,14,17-19,26H,13H2,1-2H3,(H2,23,27)(H,24,29)(H,25,28)/t17-,18+,19-/m1/s1. The van der Waals surface area contributed by atoms with Gasteiger partial charge >= 0.3 is 0 Å². The molecule has 3 amide bonds. The first-order valence-corrected chi connectivity index (χ1v) is 9.48. The van der Waals surface area contributed by atoms with Gasteiger partial charge in [-0.2, -0.15) is 0 Å². The van der Waals surface area contributed by atoms with Crippen molar-refractivity contribution in [3.8, 4) is 0 Å². The second-order valence-corrected chi connectivity index (χ2v) is 7.27. The summed E-state index contributed by atoms with van der Waals surface area (Å²) >= 11 is 0. The molecule has 0 radical (unpaired) electrons. The van der Waals surface area contributed by atoms with Gasteiger partial charge in [-0.1, -0.05) is 62.4 Å². The first-order chi connectivity index (χ1) is 13.8. The topological polar surface area (TPSA) is 122 Å². The average Bonchev–Trinajstić information content (AvgIpc) is 2.71. The summed E-state index contributed by atoms with van der Waals surface area (Å²) in [5.74, 6) is -1.77. The zero-order valence-electron chi connectivity index (χ0n) is 16.5. The van der Waals surface area contributed by atoms with Crippen LogP contribution in [0.25, 0.3) is 0 Å². The second-order valence-electron chi connectivity index (χ2n) is 7.27. The van der Waals surface area contributed by atoms with Crippen molar-refractivity contribution < 1.29 is 19.5 Å². The number of rotatable bonds is 9. The van der Waals surface area contributed by atoms with Crippen LogP contribution >= 0.6 is 0 Å². The summed E-state index contributed by atoms with van der Waals surface area (Å²) < 4.78 is 0. The van der Waals surface area contributed by atoms with Crippen molar-refractivity contribution in [2.24, 2.45) is 11.7 Å². The van der Waals surface area contributed by atoms with Gasteiger partial charge in [0.05, 0.1) is 6.04 Å². The monoisotopic (exact) mass is 397 g/mol. The lowest BCUT2D eigenvalue weighted by molar-refractivity contribution is -0.134. The Hall–Kier alpha value is -3.19. The fourth-order valence-electron chi connectivity index (χ4n) is 2.95. The molecule has 7 nitrogen and oxygen atoms in total. The fraction of sp³-hybridized carbons (Fsp3) is 0.318. The number of carbonyl (C=O) groups is 3. The van der Waals surface area contributed by atoms with E-state index in [0.29, 0.717) is 17.5 Å². The summed E-state index contributed by atoms with van der Waals surface area (Å²) in [6, 6.07) is 15.3. The predicted octanol–water partition coefficient (Wildman–Crippen LogP) is 1.53. The maximum Gasteiger partial charge on any atom is 0.252 e. The first kappa shape index (κ1) is 22.1. The predicted molar refractivity (Wildman–Crippen MR) is 110 cm³/mol. The van der Waals surface area contributed by atoms with Crippen LogP contribution in [-0.2, 0) is 9.59 Å². The molecule has 0 saturated carbocycles. The minimum Gasteiger partial charge on any atom is -0.381 e. The van der Waals surface area contributed by atoms with Crippen molar-refractivity contribution in [1.82, 2.24) is 10.6 Å². The van der Waals surface area contributed by atoms with Crippen molar-refractivity contribution in [2.75, 3.05) is 0 Å². The van der Waals surface area contributed by atoms with E-state index >= 15 is 0 Å². The third-order valence-corrected chi connectivity index (χ3v) is 4.43. The van der Waals surface area contributed by atoms with Crippen LogP contribution in [0, 0.1) is 5.92 Å². The van der Waals surface area contributed by atoms with Crippen LogP contribution in [0.4, 0.5) is 0 Å². The highest BCUT2D eigenvalue weighted by atomic mass is 16.3. The van der Waals surface area contributed by atoms with E-state index in [9.17, 15) is 19.5 Å². The van der Waals surface area contributed by atoms with Gasteiger partial charge < -0.3 is 21.5 Å². The zero-order chi connectivity index (χ0) is 21.4. The largest absolute Gasteiger partial charge is 0.381 e. The first-order valence-electron chi connectivity index (χ1n) is 9.48. The Morgan fingerprint density at radius 2 is 1.48 bits per heavy atom. The third kappa shape index (κ3) is 6.43. The van der Waals surface area contributed by atoms with Gasteiger partial charge in [0.1, 0.15) is 6.04 Å². The van der Waals surface area contributed by atoms with Crippen molar-refractivity contribution in [3.63, 3.8) is 0 Å². The van der Waals surface area contributed by atoms with Gasteiger partial charge in [-0.15, -0.1) is 0 Å². The Balaban J connectivity index is 2.22. The molecule has 2 rings (SSSR count). The maximum atomic E-state index is 12.7. The summed E-state index contributed by atoms with van der Waals surface area (Å²) in [4.78, 5) is 36.9. The third-order valence-electron chi connectivity index (χ3n) is 4.43. The highest BCUT2D eigenvalue weighted by Gasteiger charge is 2.31. The molecule has 0 aromatic heterocycles. The van der Waals surface area contributed by atoms with Gasteiger partial charge in [-0.3, -0.25) is 14.4 Å². The number of primary amides is 1. The van der Waals surface area contributed by atoms with Crippen LogP contribution in [0.3, 0.4) is 0 Å². The number of hydrogen-bond donors (Lipinski definition) is 4. The number of aliphatic hydroxyl groups is 1. The number of carbonyl (C=O) groups excluding carboxylic acids is 3. The molecule has 0 aliphatic rings. The van der Waals surface area contributed by atoms with Gasteiger partial charge in [0.25, 0.3) is 11.8 Å². The smallest absolute Gasteiger partial charge is 0.252 e. The Morgan fingerprint density at radius 1 is 0.931 bits per heavy atom. The van der Waals surface area contributed by atoms with Gasteiger partial charge in [-0.05, 0) is 30.0 Å². The highest BCUT2D eigenvalue weighted by molar-refractivity contribution is 5.95. The summed E-state index contributed by atoms with van der Waals surface area (Å²) in [5.41, 5.74) is 6.33. The van der Waals surface area contributed by atoms with Crippen LogP contribution in [-0.4, -0.2) is 35.0 Å². The SMILES string of the molecule is CC(C)C[C@@H](NC(=O)[C@H](O)[C@@H](NC(=O)c1ccccc1)c1ccccc1)C(N)=O.